The van der Waals surface area contributed by atoms with Crippen LogP contribution in [0, 0.1) is 17.3 Å². The maximum absolute atomic E-state index is 11.7. The summed E-state index contributed by atoms with van der Waals surface area (Å²) < 4.78 is 5.47. The number of carbonyl (C=O) groups excluding carboxylic acids is 1. The minimum absolute atomic E-state index is 0.00229. The van der Waals surface area contributed by atoms with Gasteiger partial charge in [0, 0.05) is 5.57 Å². The summed E-state index contributed by atoms with van der Waals surface area (Å²) in [6.07, 6.45) is 6.21. The first-order valence-electron chi connectivity index (χ1n) is 6.66. The number of fused-ring (bicyclic) bond motifs is 2. The van der Waals surface area contributed by atoms with Crippen molar-refractivity contribution in [3.63, 3.8) is 0 Å². The number of halogens is 1. The molecule has 1 unspecified atom stereocenters. The average Bonchev–Trinajstić information content (AvgIpc) is 2.58. The van der Waals surface area contributed by atoms with E-state index in [1.807, 2.05) is 6.92 Å². The molecule has 1 fully saturated rings. The minimum atomic E-state index is -0.128. The number of allylic oxidation sites excluding steroid dienone is 2. The van der Waals surface area contributed by atoms with E-state index in [2.05, 4.69) is 26.0 Å². The molecular formula is C15H19ClO2. The van der Waals surface area contributed by atoms with Gasteiger partial charge in [0.05, 0.1) is 5.38 Å². The van der Waals surface area contributed by atoms with Gasteiger partial charge in [-0.15, -0.1) is 11.6 Å². The highest BCUT2D eigenvalue weighted by atomic mass is 35.5. The summed E-state index contributed by atoms with van der Waals surface area (Å²) in [4.78, 5) is 11.7. The predicted molar refractivity (Wildman–Crippen MR) is 71.4 cm³/mol. The Hall–Kier alpha value is -0.760. The van der Waals surface area contributed by atoms with Gasteiger partial charge >= 0.3 is 5.97 Å². The van der Waals surface area contributed by atoms with Gasteiger partial charge in [-0.05, 0) is 42.6 Å². The van der Waals surface area contributed by atoms with Gasteiger partial charge in [0.15, 0.2) is 0 Å². The zero-order valence-corrected chi connectivity index (χ0v) is 11.8. The highest BCUT2D eigenvalue weighted by Crippen LogP contribution is 2.54. The Morgan fingerprint density at radius 2 is 2.22 bits per heavy atom. The maximum atomic E-state index is 11.7. The van der Waals surface area contributed by atoms with Crippen molar-refractivity contribution in [3.05, 3.63) is 23.3 Å². The van der Waals surface area contributed by atoms with Crippen LogP contribution >= 0.6 is 11.6 Å². The summed E-state index contributed by atoms with van der Waals surface area (Å²) in [6, 6.07) is 0. The zero-order valence-electron chi connectivity index (χ0n) is 11.1. The van der Waals surface area contributed by atoms with Gasteiger partial charge in [0.25, 0.3) is 0 Å². The highest BCUT2D eigenvalue weighted by molar-refractivity contribution is 6.22. The molecular weight excluding hydrogens is 248 g/mol. The van der Waals surface area contributed by atoms with Gasteiger partial charge in [-0.3, -0.25) is 0 Å². The van der Waals surface area contributed by atoms with E-state index in [0.29, 0.717) is 11.8 Å². The normalized spacial score (nSPS) is 46.8. The third-order valence-corrected chi connectivity index (χ3v) is 5.68. The monoisotopic (exact) mass is 266 g/mol. The molecule has 98 valence electrons. The Balaban J connectivity index is 1.99. The second kappa shape index (κ2) is 3.86. The molecule has 0 saturated heterocycles. The van der Waals surface area contributed by atoms with Crippen molar-refractivity contribution in [1.82, 2.24) is 0 Å². The largest absolute Gasteiger partial charge is 0.454 e. The Morgan fingerprint density at radius 1 is 1.50 bits per heavy atom. The second-order valence-electron chi connectivity index (χ2n) is 6.23. The first kappa shape index (κ1) is 12.3. The summed E-state index contributed by atoms with van der Waals surface area (Å²) in [5, 5.41) is 0.110. The highest BCUT2D eigenvalue weighted by Gasteiger charge is 2.50. The molecule has 3 rings (SSSR count). The van der Waals surface area contributed by atoms with Crippen LogP contribution in [-0.2, 0) is 9.53 Å². The third-order valence-electron chi connectivity index (χ3n) is 5.14. The molecule has 1 saturated carbocycles. The molecule has 0 aromatic carbocycles. The maximum Gasteiger partial charge on any atom is 0.334 e. The van der Waals surface area contributed by atoms with Gasteiger partial charge in [-0.2, -0.15) is 0 Å². The molecule has 0 radical (unpaired) electrons. The van der Waals surface area contributed by atoms with Crippen LogP contribution in [0.25, 0.3) is 0 Å². The number of ether oxygens (including phenoxy) is 1. The summed E-state index contributed by atoms with van der Waals surface area (Å²) in [7, 11) is 0. The second-order valence-corrected chi connectivity index (χ2v) is 6.73. The van der Waals surface area contributed by atoms with Crippen molar-refractivity contribution < 1.29 is 9.53 Å². The number of hydrogen-bond donors (Lipinski definition) is 0. The fraction of sp³-hybridized carbons (Fsp3) is 0.667. The van der Waals surface area contributed by atoms with E-state index in [9.17, 15) is 4.79 Å². The molecule has 0 spiro atoms. The molecule has 18 heavy (non-hydrogen) atoms. The van der Waals surface area contributed by atoms with Crippen LogP contribution in [0.15, 0.2) is 23.3 Å². The SMILES string of the molecule is CC1=C2C[C@H]3[C@H](C)C(Cl)C=C[C@]3(C)C[C@@H]2OC1=O. The quantitative estimate of drug-likeness (QED) is 0.381. The number of esters is 1. The topological polar surface area (TPSA) is 26.3 Å². The van der Waals surface area contributed by atoms with Gasteiger partial charge in [-0.1, -0.05) is 26.0 Å². The summed E-state index contributed by atoms with van der Waals surface area (Å²) in [5.41, 5.74) is 2.16. The van der Waals surface area contributed by atoms with Crippen LogP contribution in [-0.4, -0.2) is 17.5 Å². The van der Waals surface area contributed by atoms with Crippen LogP contribution in [0.5, 0.6) is 0 Å². The first-order valence-corrected chi connectivity index (χ1v) is 7.10. The average molecular weight is 267 g/mol. The Kier molecular flexibility index (Phi) is 2.64. The van der Waals surface area contributed by atoms with Crippen LogP contribution in [0.3, 0.4) is 0 Å². The van der Waals surface area contributed by atoms with E-state index in [-0.39, 0.29) is 22.9 Å². The van der Waals surface area contributed by atoms with E-state index >= 15 is 0 Å². The number of carbonyl (C=O) groups is 1. The minimum Gasteiger partial charge on any atom is -0.454 e. The molecule has 0 bridgehead atoms. The number of rotatable bonds is 0. The van der Waals surface area contributed by atoms with Crippen molar-refractivity contribution in [3.8, 4) is 0 Å². The molecule has 0 amide bonds. The fourth-order valence-corrected chi connectivity index (χ4v) is 4.07. The van der Waals surface area contributed by atoms with Gasteiger partial charge < -0.3 is 4.74 Å². The van der Waals surface area contributed by atoms with E-state index in [1.54, 1.807) is 0 Å². The van der Waals surface area contributed by atoms with Crippen molar-refractivity contribution in [2.45, 2.75) is 45.1 Å². The zero-order chi connectivity index (χ0) is 13.1. The predicted octanol–water partition coefficient (Wildman–Crippen LogP) is 3.46. The van der Waals surface area contributed by atoms with Crippen LogP contribution in [0.2, 0.25) is 0 Å². The molecule has 2 aliphatic carbocycles. The van der Waals surface area contributed by atoms with Gasteiger partial charge in [-0.25, -0.2) is 4.79 Å². The Morgan fingerprint density at radius 3 is 2.94 bits per heavy atom. The van der Waals surface area contributed by atoms with Crippen molar-refractivity contribution in [2.24, 2.45) is 17.3 Å². The summed E-state index contributed by atoms with van der Waals surface area (Å²) in [6.45, 7) is 6.38. The lowest BCUT2D eigenvalue weighted by atomic mass is 9.58. The molecule has 1 aliphatic heterocycles. The van der Waals surface area contributed by atoms with Crippen molar-refractivity contribution >= 4 is 17.6 Å². The molecule has 2 nitrogen and oxygen atoms in total. The molecule has 1 heterocycles. The molecule has 0 N–H and O–H groups in total. The molecule has 0 aromatic heterocycles. The smallest absolute Gasteiger partial charge is 0.334 e. The lowest BCUT2D eigenvalue weighted by Gasteiger charge is -2.48. The third kappa shape index (κ3) is 1.58. The van der Waals surface area contributed by atoms with Gasteiger partial charge in [0.2, 0.25) is 0 Å². The lowest BCUT2D eigenvalue weighted by Crippen LogP contribution is -2.44. The molecule has 3 aliphatic rings. The van der Waals surface area contributed by atoms with Crippen LogP contribution < -0.4 is 0 Å². The van der Waals surface area contributed by atoms with Crippen molar-refractivity contribution in [2.75, 3.05) is 0 Å². The van der Waals surface area contributed by atoms with Crippen molar-refractivity contribution in [1.29, 1.82) is 0 Å². The Labute approximate surface area is 113 Å². The van der Waals surface area contributed by atoms with E-state index in [4.69, 9.17) is 16.3 Å². The van der Waals surface area contributed by atoms with E-state index < -0.39 is 0 Å². The Bertz CT molecular complexity index is 465. The molecule has 5 atom stereocenters. The van der Waals surface area contributed by atoms with E-state index in [1.165, 1.54) is 5.57 Å². The lowest BCUT2D eigenvalue weighted by molar-refractivity contribution is -0.141. The number of hydrogen-bond acceptors (Lipinski definition) is 2. The molecule has 3 heteroatoms. The summed E-state index contributed by atoms with van der Waals surface area (Å²) >= 11 is 6.36. The standard InChI is InChI=1S/C15H19ClO2/c1-8-10-6-11-9(2)12(16)4-5-15(11,3)7-13(10)18-14(8)17/h4-5,9,11-13H,6-7H2,1-3H3/t9-,11-,12?,13-,15+/m0/s1. The first-order chi connectivity index (χ1) is 8.42. The van der Waals surface area contributed by atoms with Crippen LogP contribution in [0.1, 0.15) is 33.6 Å². The van der Waals surface area contributed by atoms with E-state index in [0.717, 1.165) is 18.4 Å². The molecule has 0 aromatic rings. The van der Waals surface area contributed by atoms with Crippen LogP contribution in [0.4, 0.5) is 0 Å². The fourth-order valence-electron chi connectivity index (χ4n) is 3.82. The van der Waals surface area contributed by atoms with Gasteiger partial charge in [0.1, 0.15) is 6.10 Å². The number of alkyl halides is 1. The summed E-state index contributed by atoms with van der Waals surface area (Å²) in [5.74, 6) is 0.829.